The van der Waals surface area contributed by atoms with Crippen molar-refractivity contribution in [2.45, 2.75) is 12.4 Å². The number of carbonyl (C=O) groups excluding carboxylic acids is 2. The summed E-state index contributed by atoms with van der Waals surface area (Å²) < 4.78 is 77.8. The molecular weight excluding hydrogens is 438 g/mol. The molecule has 0 heterocycles. The minimum absolute atomic E-state index is 0.0238. The predicted molar refractivity (Wildman–Crippen MR) is 105 cm³/mol. The molecule has 0 saturated heterocycles. The fraction of sp³-hybridized carbons (Fsp3) is 0.0909. The molecule has 0 aliphatic heterocycles. The summed E-state index contributed by atoms with van der Waals surface area (Å²) in [6.07, 6.45) is -9.32. The Labute approximate surface area is 177 Å². The van der Waals surface area contributed by atoms with Crippen molar-refractivity contribution in [3.63, 3.8) is 0 Å². The van der Waals surface area contributed by atoms with Crippen molar-refractivity contribution in [3.05, 3.63) is 95.1 Å². The van der Waals surface area contributed by atoms with Gasteiger partial charge in [-0.3, -0.25) is 9.59 Å². The van der Waals surface area contributed by atoms with Crippen LogP contribution in [0.3, 0.4) is 0 Å². The minimum atomic E-state index is -4.74. The molecule has 0 unspecified atom stereocenters. The van der Waals surface area contributed by atoms with E-state index >= 15 is 0 Å². The third-order valence-corrected chi connectivity index (χ3v) is 4.31. The molecule has 2 amide bonds. The molecule has 10 heteroatoms. The Morgan fingerprint density at radius 1 is 0.625 bits per heavy atom. The van der Waals surface area contributed by atoms with Gasteiger partial charge in [-0.25, -0.2) is 0 Å². The van der Waals surface area contributed by atoms with Crippen molar-refractivity contribution in [2.75, 3.05) is 10.6 Å². The van der Waals surface area contributed by atoms with Gasteiger partial charge < -0.3 is 10.6 Å². The summed E-state index contributed by atoms with van der Waals surface area (Å²) in [4.78, 5) is 24.8. The lowest BCUT2D eigenvalue weighted by Crippen LogP contribution is -2.19. The average molecular weight is 452 g/mol. The normalized spacial score (nSPS) is 11.7. The monoisotopic (exact) mass is 452 g/mol. The molecule has 0 saturated carbocycles. The first-order chi connectivity index (χ1) is 14.9. The second kappa shape index (κ2) is 8.74. The second-order valence-corrected chi connectivity index (χ2v) is 6.61. The van der Waals surface area contributed by atoms with Crippen LogP contribution in [0.1, 0.15) is 31.8 Å². The largest absolute Gasteiger partial charge is 0.417 e. The first-order valence-electron chi connectivity index (χ1n) is 9.01. The molecule has 3 aromatic rings. The van der Waals surface area contributed by atoms with Crippen LogP contribution in [0.2, 0.25) is 0 Å². The van der Waals surface area contributed by atoms with Crippen LogP contribution in [0, 0.1) is 0 Å². The van der Waals surface area contributed by atoms with Gasteiger partial charge in [-0.1, -0.05) is 24.3 Å². The van der Waals surface area contributed by atoms with Crippen molar-refractivity contribution >= 4 is 23.2 Å². The predicted octanol–water partition coefficient (Wildman–Crippen LogP) is 6.23. The van der Waals surface area contributed by atoms with Gasteiger partial charge >= 0.3 is 12.4 Å². The number of rotatable bonds is 4. The maximum atomic E-state index is 13.1. The number of anilines is 2. The molecule has 0 radical (unpaired) electrons. The van der Waals surface area contributed by atoms with E-state index < -0.39 is 40.9 Å². The van der Waals surface area contributed by atoms with Gasteiger partial charge in [0.25, 0.3) is 11.8 Å². The summed E-state index contributed by atoms with van der Waals surface area (Å²) in [5.74, 6) is -1.80. The van der Waals surface area contributed by atoms with E-state index in [2.05, 4.69) is 10.6 Å². The SMILES string of the molecule is O=C(Nc1cccc(C(F)(F)F)c1)c1cccc(NC(=O)c2ccccc2C(F)(F)F)c1. The highest BCUT2D eigenvalue weighted by Gasteiger charge is 2.35. The minimum Gasteiger partial charge on any atom is -0.322 e. The maximum Gasteiger partial charge on any atom is 0.417 e. The van der Waals surface area contributed by atoms with Gasteiger partial charge in [-0.05, 0) is 48.5 Å². The van der Waals surface area contributed by atoms with Crippen LogP contribution in [0.25, 0.3) is 0 Å². The fourth-order valence-corrected chi connectivity index (χ4v) is 2.84. The topological polar surface area (TPSA) is 58.2 Å². The van der Waals surface area contributed by atoms with Crippen LogP contribution in [0.15, 0.2) is 72.8 Å². The molecular formula is C22H14F6N2O2. The van der Waals surface area contributed by atoms with Crippen LogP contribution in [-0.2, 0) is 12.4 Å². The Bertz CT molecular complexity index is 1160. The van der Waals surface area contributed by atoms with Crippen molar-refractivity contribution in [1.82, 2.24) is 0 Å². The quantitative estimate of drug-likeness (QED) is 0.461. The summed E-state index contributed by atoms with van der Waals surface area (Å²) in [5, 5.41) is 4.60. The lowest BCUT2D eigenvalue weighted by molar-refractivity contribution is -0.138. The molecule has 0 aliphatic rings. The van der Waals surface area contributed by atoms with Gasteiger partial charge in [0.2, 0.25) is 0 Å². The highest BCUT2D eigenvalue weighted by atomic mass is 19.4. The van der Waals surface area contributed by atoms with Crippen LogP contribution in [0.4, 0.5) is 37.7 Å². The number of nitrogens with one attached hydrogen (secondary N) is 2. The number of hydrogen-bond donors (Lipinski definition) is 2. The molecule has 0 atom stereocenters. The number of halogens is 6. The molecule has 166 valence electrons. The van der Waals surface area contributed by atoms with E-state index in [1.807, 2.05) is 0 Å². The third kappa shape index (κ3) is 5.45. The molecule has 0 fully saturated rings. The molecule has 32 heavy (non-hydrogen) atoms. The summed E-state index contributed by atoms with van der Waals surface area (Å²) in [6.45, 7) is 0. The molecule has 0 spiro atoms. The summed E-state index contributed by atoms with van der Waals surface area (Å²) in [5.41, 5.74) is -2.75. The summed E-state index contributed by atoms with van der Waals surface area (Å²) in [6, 6.07) is 13.5. The standard InChI is InChI=1S/C22H14F6N2O2/c23-21(24,25)14-6-4-8-16(12-14)29-19(31)13-5-3-7-15(11-13)30-20(32)17-9-1-2-10-18(17)22(26,27)28/h1-12H,(H,29,31)(H,30,32). The first kappa shape index (κ1) is 22.9. The maximum absolute atomic E-state index is 13.1. The van der Waals surface area contributed by atoms with Gasteiger partial charge in [-0.15, -0.1) is 0 Å². The van der Waals surface area contributed by atoms with Crippen LogP contribution in [0.5, 0.6) is 0 Å². The Morgan fingerprint density at radius 2 is 1.22 bits per heavy atom. The average Bonchev–Trinajstić information content (AvgIpc) is 2.73. The van der Waals surface area contributed by atoms with E-state index in [1.165, 1.54) is 36.4 Å². The molecule has 0 aromatic heterocycles. The second-order valence-electron chi connectivity index (χ2n) is 6.61. The van der Waals surface area contributed by atoms with Crippen molar-refractivity contribution in [3.8, 4) is 0 Å². The van der Waals surface area contributed by atoms with Gasteiger partial charge in [0.15, 0.2) is 0 Å². The highest BCUT2D eigenvalue weighted by molar-refractivity contribution is 6.08. The van der Waals surface area contributed by atoms with Crippen LogP contribution < -0.4 is 10.6 Å². The summed E-state index contributed by atoms with van der Waals surface area (Å²) in [7, 11) is 0. The van der Waals surface area contributed by atoms with E-state index in [0.717, 1.165) is 36.4 Å². The number of amides is 2. The summed E-state index contributed by atoms with van der Waals surface area (Å²) >= 11 is 0. The molecule has 0 aliphatic carbocycles. The smallest absolute Gasteiger partial charge is 0.322 e. The van der Waals surface area contributed by atoms with Gasteiger partial charge in [0, 0.05) is 16.9 Å². The van der Waals surface area contributed by atoms with E-state index in [-0.39, 0.29) is 16.9 Å². The molecule has 4 nitrogen and oxygen atoms in total. The van der Waals surface area contributed by atoms with Crippen molar-refractivity contribution < 1.29 is 35.9 Å². The van der Waals surface area contributed by atoms with E-state index in [1.54, 1.807) is 0 Å². The Kier molecular flexibility index (Phi) is 6.24. The Morgan fingerprint density at radius 3 is 1.88 bits per heavy atom. The van der Waals surface area contributed by atoms with Gasteiger partial charge in [-0.2, -0.15) is 26.3 Å². The van der Waals surface area contributed by atoms with Gasteiger partial charge in [0.1, 0.15) is 0 Å². The number of hydrogen-bond acceptors (Lipinski definition) is 2. The highest BCUT2D eigenvalue weighted by Crippen LogP contribution is 2.32. The van der Waals surface area contributed by atoms with Crippen LogP contribution in [-0.4, -0.2) is 11.8 Å². The Balaban J connectivity index is 1.78. The van der Waals surface area contributed by atoms with E-state index in [4.69, 9.17) is 0 Å². The zero-order valence-electron chi connectivity index (χ0n) is 16.0. The number of carbonyl (C=O) groups is 2. The Hall–Kier alpha value is -3.82. The van der Waals surface area contributed by atoms with Crippen molar-refractivity contribution in [2.24, 2.45) is 0 Å². The third-order valence-electron chi connectivity index (χ3n) is 4.31. The zero-order chi connectivity index (χ0) is 23.5. The van der Waals surface area contributed by atoms with E-state index in [9.17, 15) is 35.9 Å². The first-order valence-corrected chi connectivity index (χ1v) is 9.01. The number of benzene rings is 3. The number of alkyl halides is 6. The molecule has 0 bridgehead atoms. The lowest BCUT2D eigenvalue weighted by atomic mass is 10.1. The fourth-order valence-electron chi connectivity index (χ4n) is 2.84. The lowest BCUT2D eigenvalue weighted by Gasteiger charge is -2.13. The van der Waals surface area contributed by atoms with E-state index in [0.29, 0.717) is 0 Å². The molecule has 3 aromatic carbocycles. The molecule has 3 rings (SSSR count). The van der Waals surface area contributed by atoms with Crippen LogP contribution >= 0.6 is 0 Å². The molecule has 2 N–H and O–H groups in total. The van der Waals surface area contributed by atoms with Crippen molar-refractivity contribution in [1.29, 1.82) is 0 Å². The zero-order valence-corrected chi connectivity index (χ0v) is 16.0. The van der Waals surface area contributed by atoms with Gasteiger partial charge in [0.05, 0.1) is 16.7 Å².